The Balaban J connectivity index is 1.81. The van der Waals surface area contributed by atoms with Crippen LogP contribution in [0.4, 0.5) is 11.6 Å². The first-order valence-electron chi connectivity index (χ1n) is 8.52. The number of aromatic nitrogens is 3. The fraction of sp³-hybridized carbons (Fsp3) is 0.200. The molecule has 132 valence electrons. The predicted octanol–water partition coefficient (Wildman–Crippen LogP) is 3.27. The van der Waals surface area contributed by atoms with Gasteiger partial charge in [0.15, 0.2) is 0 Å². The third-order valence-electron chi connectivity index (χ3n) is 3.88. The molecule has 1 aromatic carbocycles. The second-order valence-electron chi connectivity index (χ2n) is 5.82. The van der Waals surface area contributed by atoms with Crippen LogP contribution >= 0.6 is 0 Å². The second-order valence-corrected chi connectivity index (χ2v) is 5.82. The summed E-state index contributed by atoms with van der Waals surface area (Å²) in [6, 6.07) is 15.3. The van der Waals surface area contributed by atoms with Crippen LogP contribution < -0.4 is 10.2 Å². The second kappa shape index (κ2) is 8.20. The van der Waals surface area contributed by atoms with Gasteiger partial charge < -0.3 is 10.2 Å². The van der Waals surface area contributed by atoms with Crippen molar-refractivity contribution in [1.82, 2.24) is 20.3 Å². The third kappa shape index (κ3) is 4.22. The molecule has 3 rings (SSSR count). The van der Waals surface area contributed by atoms with Gasteiger partial charge in [-0.25, -0.2) is 9.97 Å². The van der Waals surface area contributed by atoms with Gasteiger partial charge in [-0.3, -0.25) is 9.78 Å². The van der Waals surface area contributed by atoms with Crippen LogP contribution in [0.1, 0.15) is 28.7 Å². The van der Waals surface area contributed by atoms with Crippen LogP contribution in [-0.2, 0) is 6.54 Å². The lowest BCUT2D eigenvalue weighted by molar-refractivity contribution is 0.0945. The molecule has 1 N–H and O–H groups in total. The van der Waals surface area contributed by atoms with Crippen LogP contribution in [0, 0.1) is 6.92 Å². The van der Waals surface area contributed by atoms with Crippen molar-refractivity contribution in [2.24, 2.45) is 0 Å². The number of rotatable bonds is 6. The zero-order valence-electron chi connectivity index (χ0n) is 14.9. The van der Waals surface area contributed by atoms with Gasteiger partial charge in [-0.1, -0.05) is 24.3 Å². The van der Waals surface area contributed by atoms with Crippen LogP contribution in [0.2, 0.25) is 0 Å². The summed E-state index contributed by atoms with van der Waals surface area (Å²) in [6.07, 6.45) is 3.43. The Labute approximate surface area is 153 Å². The summed E-state index contributed by atoms with van der Waals surface area (Å²) >= 11 is 0. The predicted molar refractivity (Wildman–Crippen MR) is 101 cm³/mol. The summed E-state index contributed by atoms with van der Waals surface area (Å²) in [4.78, 5) is 27.5. The first-order chi connectivity index (χ1) is 12.7. The Kier molecular flexibility index (Phi) is 5.53. The highest BCUT2D eigenvalue weighted by Gasteiger charge is 2.15. The highest BCUT2D eigenvalue weighted by molar-refractivity contribution is 5.92. The van der Waals surface area contributed by atoms with E-state index in [4.69, 9.17) is 0 Å². The molecule has 26 heavy (non-hydrogen) atoms. The van der Waals surface area contributed by atoms with Gasteiger partial charge in [-0.15, -0.1) is 0 Å². The number of para-hydroxylation sites is 1. The minimum Gasteiger partial charge on any atom is -0.347 e. The first-order valence-corrected chi connectivity index (χ1v) is 8.52. The number of amides is 1. The number of nitrogens with one attached hydrogen (secondary N) is 1. The molecule has 2 heterocycles. The molecular formula is C20H21N5O. The van der Waals surface area contributed by atoms with Gasteiger partial charge in [0.25, 0.3) is 5.91 Å². The normalized spacial score (nSPS) is 10.4. The minimum atomic E-state index is -0.232. The van der Waals surface area contributed by atoms with Crippen molar-refractivity contribution >= 4 is 17.5 Å². The number of pyridine rings is 1. The molecule has 6 nitrogen and oxygen atoms in total. The van der Waals surface area contributed by atoms with Crippen molar-refractivity contribution in [3.63, 3.8) is 0 Å². The highest BCUT2D eigenvalue weighted by atomic mass is 16.1. The van der Waals surface area contributed by atoms with Crippen molar-refractivity contribution in [2.75, 3.05) is 11.4 Å². The number of nitrogens with zero attached hydrogens (tertiary/aromatic N) is 4. The molecule has 1 amide bonds. The Morgan fingerprint density at radius 1 is 1.12 bits per heavy atom. The average molecular weight is 347 g/mol. The fourth-order valence-electron chi connectivity index (χ4n) is 2.61. The molecular weight excluding hydrogens is 326 g/mol. The van der Waals surface area contributed by atoms with E-state index >= 15 is 0 Å². The molecule has 0 radical (unpaired) electrons. The number of carbonyl (C=O) groups excluding carboxylic acids is 1. The maximum Gasteiger partial charge on any atom is 0.270 e. The minimum absolute atomic E-state index is 0.232. The van der Waals surface area contributed by atoms with Gasteiger partial charge in [-0.2, -0.15) is 0 Å². The summed E-state index contributed by atoms with van der Waals surface area (Å²) < 4.78 is 0. The van der Waals surface area contributed by atoms with Gasteiger partial charge in [0.1, 0.15) is 5.69 Å². The highest BCUT2D eigenvalue weighted by Crippen LogP contribution is 2.21. The summed E-state index contributed by atoms with van der Waals surface area (Å²) in [5.74, 6) is 0.287. The van der Waals surface area contributed by atoms with Crippen molar-refractivity contribution in [1.29, 1.82) is 0 Å². The maximum atomic E-state index is 12.5. The van der Waals surface area contributed by atoms with Crippen molar-refractivity contribution in [3.05, 3.63) is 77.9 Å². The fourth-order valence-corrected chi connectivity index (χ4v) is 2.61. The number of anilines is 2. The van der Waals surface area contributed by atoms with Gasteiger partial charge in [0, 0.05) is 36.9 Å². The lowest BCUT2D eigenvalue weighted by Crippen LogP contribution is -2.26. The molecule has 0 fully saturated rings. The lowest BCUT2D eigenvalue weighted by atomic mass is 10.2. The summed E-state index contributed by atoms with van der Waals surface area (Å²) in [6.45, 7) is 4.99. The zero-order valence-corrected chi connectivity index (χ0v) is 14.9. The zero-order chi connectivity index (χ0) is 18.4. The monoisotopic (exact) mass is 347 g/mol. The molecule has 0 aliphatic rings. The van der Waals surface area contributed by atoms with E-state index in [2.05, 4.69) is 20.3 Å². The molecule has 0 aliphatic carbocycles. The quantitative estimate of drug-likeness (QED) is 0.741. The largest absolute Gasteiger partial charge is 0.347 e. The van der Waals surface area contributed by atoms with E-state index in [9.17, 15) is 4.79 Å². The van der Waals surface area contributed by atoms with E-state index in [0.29, 0.717) is 24.7 Å². The SMILES string of the molecule is CCN(c1ccccc1)c1nc(C)cc(C(=O)NCc2cccnc2)n1. The van der Waals surface area contributed by atoms with E-state index in [1.165, 1.54) is 0 Å². The number of hydrogen-bond donors (Lipinski definition) is 1. The maximum absolute atomic E-state index is 12.5. The molecule has 0 saturated heterocycles. The van der Waals surface area contributed by atoms with Crippen LogP contribution in [0.25, 0.3) is 0 Å². The smallest absolute Gasteiger partial charge is 0.270 e. The topological polar surface area (TPSA) is 71.0 Å². The van der Waals surface area contributed by atoms with E-state index in [-0.39, 0.29) is 5.91 Å². The van der Waals surface area contributed by atoms with Gasteiger partial charge in [0.2, 0.25) is 5.95 Å². The number of hydrogen-bond acceptors (Lipinski definition) is 5. The lowest BCUT2D eigenvalue weighted by Gasteiger charge is -2.21. The number of aryl methyl sites for hydroxylation is 1. The molecule has 0 saturated carbocycles. The van der Waals surface area contributed by atoms with E-state index in [0.717, 1.165) is 16.9 Å². The molecule has 0 bridgehead atoms. The van der Waals surface area contributed by atoms with Crippen molar-refractivity contribution in [3.8, 4) is 0 Å². The number of carbonyl (C=O) groups is 1. The van der Waals surface area contributed by atoms with Crippen molar-refractivity contribution < 1.29 is 4.79 Å². The van der Waals surface area contributed by atoms with Crippen LogP contribution in [0.15, 0.2) is 60.9 Å². The molecule has 0 atom stereocenters. The van der Waals surface area contributed by atoms with E-state index in [1.54, 1.807) is 18.5 Å². The van der Waals surface area contributed by atoms with Crippen LogP contribution in [0.5, 0.6) is 0 Å². The third-order valence-corrected chi connectivity index (χ3v) is 3.88. The molecule has 0 aliphatic heterocycles. The molecule has 2 aromatic heterocycles. The van der Waals surface area contributed by atoms with Gasteiger partial charge in [0.05, 0.1) is 0 Å². The Morgan fingerprint density at radius 3 is 2.62 bits per heavy atom. The summed E-state index contributed by atoms with van der Waals surface area (Å²) in [5.41, 5.74) is 3.02. The molecule has 6 heteroatoms. The van der Waals surface area contributed by atoms with Gasteiger partial charge in [-0.05, 0) is 43.7 Å². The standard InChI is InChI=1S/C20H21N5O/c1-3-25(17-9-5-4-6-10-17)20-23-15(2)12-18(24-20)19(26)22-14-16-8-7-11-21-13-16/h4-13H,3,14H2,1-2H3,(H,22,26). The first kappa shape index (κ1) is 17.5. The van der Waals surface area contributed by atoms with Crippen LogP contribution in [0.3, 0.4) is 0 Å². The van der Waals surface area contributed by atoms with E-state index in [1.807, 2.05) is 61.2 Å². The Morgan fingerprint density at radius 2 is 1.92 bits per heavy atom. The van der Waals surface area contributed by atoms with Crippen LogP contribution in [-0.4, -0.2) is 27.4 Å². The number of benzene rings is 1. The summed E-state index contributed by atoms with van der Waals surface area (Å²) in [5, 5.41) is 2.88. The molecule has 0 unspecified atom stereocenters. The average Bonchev–Trinajstić information content (AvgIpc) is 2.68. The van der Waals surface area contributed by atoms with Gasteiger partial charge >= 0.3 is 0 Å². The molecule has 0 spiro atoms. The Hall–Kier alpha value is -3.28. The summed E-state index contributed by atoms with van der Waals surface area (Å²) in [7, 11) is 0. The van der Waals surface area contributed by atoms with Crippen molar-refractivity contribution in [2.45, 2.75) is 20.4 Å². The van der Waals surface area contributed by atoms with E-state index < -0.39 is 0 Å². The molecule has 3 aromatic rings. The Bertz CT molecular complexity index is 868.